The molecule has 2 N–H and O–H groups in total. The van der Waals surface area contributed by atoms with Gasteiger partial charge in [-0.05, 0) is 25.1 Å². The van der Waals surface area contributed by atoms with Crippen molar-refractivity contribution in [3.05, 3.63) is 40.0 Å². The molecule has 0 saturated carbocycles. The fourth-order valence-electron chi connectivity index (χ4n) is 1.56. The Morgan fingerprint density at radius 3 is 3.06 bits per heavy atom. The zero-order valence-corrected chi connectivity index (χ0v) is 10.6. The molecule has 0 spiro atoms. The molecular formula is C12H13BrN2O. The van der Waals surface area contributed by atoms with E-state index in [-0.39, 0.29) is 0 Å². The first-order valence-electron chi connectivity index (χ1n) is 5.10. The van der Waals surface area contributed by atoms with Gasteiger partial charge in [0.2, 0.25) is 0 Å². The molecule has 1 aliphatic heterocycles. The normalized spacial score (nSPS) is 22.4. The summed E-state index contributed by atoms with van der Waals surface area (Å²) in [5.41, 5.74) is 7.71. The van der Waals surface area contributed by atoms with Crippen molar-refractivity contribution in [2.24, 2.45) is 10.7 Å². The van der Waals surface area contributed by atoms with Gasteiger partial charge in [-0.1, -0.05) is 22.0 Å². The number of nitrogens with zero attached hydrogens (tertiary/aromatic N) is 1. The number of fused-ring (bicyclic) bond motifs is 1. The van der Waals surface area contributed by atoms with Crippen LogP contribution < -0.4 is 10.5 Å². The third-order valence-corrected chi connectivity index (χ3v) is 2.82. The second-order valence-electron chi connectivity index (χ2n) is 3.62. The predicted octanol–water partition coefficient (Wildman–Crippen LogP) is 2.84. The molecule has 4 heteroatoms. The molecule has 84 valence electrons. The number of hydrogen-bond acceptors (Lipinski definition) is 3. The van der Waals surface area contributed by atoms with Gasteiger partial charge in [0.15, 0.2) is 0 Å². The van der Waals surface area contributed by atoms with Crippen molar-refractivity contribution in [2.75, 3.05) is 6.61 Å². The first kappa shape index (κ1) is 11.2. The van der Waals surface area contributed by atoms with Gasteiger partial charge in [-0.15, -0.1) is 0 Å². The van der Waals surface area contributed by atoms with Crippen molar-refractivity contribution in [2.45, 2.75) is 13.3 Å². The fourth-order valence-corrected chi connectivity index (χ4v) is 1.92. The molecule has 1 heterocycles. The summed E-state index contributed by atoms with van der Waals surface area (Å²) in [7, 11) is 0. The van der Waals surface area contributed by atoms with Gasteiger partial charge in [-0.2, -0.15) is 0 Å². The smallest absolute Gasteiger partial charge is 0.134 e. The zero-order chi connectivity index (χ0) is 11.5. The van der Waals surface area contributed by atoms with Crippen LogP contribution in [0.15, 0.2) is 39.4 Å². The standard InChI is InChI=1S/C12H13BrN2O/c1-8-3-2-6-16-11-5-4-9(13)7-10(11)12(14)15-8/h3-5,7H,2,6H2,1H3,(H2,14,15)/b8-3-. The van der Waals surface area contributed by atoms with Gasteiger partial charge in [-0.25, -0.2) is 4.99 Å². The molecule has 0 aromatic heterocycles. The minimum absolute atomic E-state index is 0.493. The summed E-state index contributed by atoms with van der Waals surface area (Å²) >= 11 is 3.42. The molecule has 0 atom stereocenters. The maximum atomic E-state index is 5.95. The maximum absolute atomic E-state index is 5.95. The van der Waals surface area contributed by atoms with Crippen LogP contribution in [0, 0.1) is 0 Å². The largest absolute Gasteiger partial charge is 0.492 e. The van der Waals surface area contributed by atoms with Gasteiger partial charge in [0.25, 0.3) is 0 Å². The number of nitrogens with two attached hydrogens (primary N) is 1. The fraction of sp³-hybridized carbons (Fsp3) is 0.250. The van der Waals surface area contributed by atoms with Gasteiger partial charge in [0.05, 0.1) is 12.2 Å². The Labute approximate surface area is 103 Å². The summed E-state index contributed by atoms with van der Waals surface area (Å²) in [6, 6.07) is 5.76. The summed E-state index contributed by atoms with van der Waals surface area (Å²) in [4.78, 5) is 4.33. The molecule has 16 heavy (non-hydrogen) atoms. The first-order valence-corrected chi connectivity index (χ1v) is 5.90. The van der Waals surface area contributed by atoms with Crippen molar-refractivity contribution >= 4 is 21.8 Å². The monoisotopic (exact) mass is 280 g/mol. The lowest BCUT2D eigenvalue weighted by Gasteiger charge is -2.09. The molecule has 2 rings (SSSR count). The van der Waals surface area contributed by atoms with Crippen LogP contribution in [0.2, 0.25) is 0 Å². The highest BCUT2D eigenvalue weighted by Crippen LogP contribution is 2.24. The number of hydrogen-bond donors (Lipinski definition) is 1. The molecule has 1 aliphatic rings. The molecule has 3 nitrogen and oxygen atoms in total. The minimum Gasteiger partial charge on any atom is -0.492 e. The quantitative estimate of drug-likeness (QED) is 0.794. The van der Waals surface area contributed by atoms with E-state index in [0.717, 1.165) is 27.9 Å². The number of aliphatic imine (C=N–C) groups is 1. The van der Waals surface area contributed by atoms with Gasteiger partial charge < -0.3 is 10.5 Å². The average molecular weight is 281 g/mol. The molecule has 0 aliphatic carbocycles. The summed E-state index contributed by atoms with van der Waals surface area (Å²) in [5, 5.41) is 0. The molecule has 0 bridgehead atoms. The van der Waals surface area contributed by atoms with Gasteiger partial charge in [0.1, 0.15) is 11.6 Å². The summed E-state index contributed by atoms with van der Waals surface area (Å²) in [5.74, 6) is 1.28. The van der Waals surface area contributed by atoms with Crippen LogP contribution >= 0.6 is 15.9 Å². The van der Waals surface area contributed by atoms with Crippen molar-refractivity contribution < 1.29 is 4.74 Å². The highest BCUT2D eigenvalue weighted by atomic mass is 79.9. The zero-order valence-electron chi connectivity index (χ0n) is 9.03. The minimum atomic E-state index is 0.493. The van der Waals surface area contributed by atoms with Crippen LogP contribution in [0.5, 0.6) is 5.75 Å². The molecular weight excluding hydrogens is 268 g/mol. The van der Waals surface area contributed by atoms with E-state index in [9.17, 15) is 0 Å². The Morgan fingerprint density at radius 2 is 2.25 bits per heavy atom. The van der Waals surface area contributed by atoms with Crippen molar-refractivity contribution in [3.63, 3.8) is 0 Å². The molecule has 0 unspecified atom stereocenters. The van der Waals surface area contributed by atoms with Crippen LogP contribution in [0.4, 0.5) is 0 Å². The van der Waals surface area contributed by atoms with E-state index in [4.69, 9.17) is 10.5 Å². The number of allylic oxidation sites excluding steroid dienone is 1. The lowest BCUT2D eigenvalue weighted by molar-refractivity contribution is 0.324. The molecule has 0 amide bonds. The Kier molecular flexibility index (Phi) is 3.29. The average Bonchev–Trinajstić information content (AvgIpc) is 2.30. The molecule has 0 fully saturated rings. The Hall–Kier alpha value is -1.29. The van der Waals surface area contributed by atoms with Crippen molar-refractivity contribution in [1.29, 1.82) is 0 Å². The third-order valence-electron chi connectivity index (χ3n) is 2.33. The highest BCUT2D eigenvalue weighted by Gasteiger charge is 2.10. The van der Waals surface area contributed by atoms with Crippen molar-refractivity contribution in [1.82, 2.24) is 0 Å². The molecule has 1 aromatic rings. The highest BCUT2D eigenvalue weighted by molar-refractivity contribution is 9.10. The SMILES string of the molecule is CC1=C/CCOc2ccc(Br)cc2\C(N)=N\1. The summed E-state index contributed by atoms with van der Waals surface area (Å²) < 4.78 is 6.62. The molecule has 1 aromatic carbocycles. The lowest BCUT2D eigenvalue weighted by atomic mass is 10.2. The molecule has 0 saturated heterocycles. The van der Waals surface area contributed by atoms with Crippen LogP contribution in [-0.2, 0) is 0 Å². The molecule has 0 radical (unpaired) electrons. The van der Waals surface area contributed by atoms with Crippen LogP contribution in [0.1, 0.15) is 18.9 Å². The van der Waals surface area contributed by atoms with Crippen LogP contribution in [0.25, 0.3) is 0 Å². The van der Waals surface area contributed by atoms with E-state index >= 15 is 0 Å². The summed E-state index contributed by atoms with van der Waals surface area (Å²) in [6.07, 6.45) is 2.87. The predicted molar refractivity (Wildman–Crippen MR) is 68.7 cm³/mol. The Balaban J connectivity index is 2.52. The summed E-state index contributed by atoms with van der Waals surface area (Å²) in [6.45, 7) is 2.59. The van der Waals surface area contributed by atoms with E-state index in [2.05, 4.69) is 20.9 Å². The number of ether oxygens (including phenoxy) is 1. The second kappa shape index (κ2) is 4.70. The Bertz CT molecular complexity index is 466. The van der Waals surface area contributed by atoms with Gasteiger partial charge >= 0.3 is 0 Å². The van der Waals surface area contributed by atoms with E-state index in [1.807, 2.05) is 31.2 Å². The lowest BCUT2D eigenvalue weighted by Crippen LogP contribution is -2.14. The number of halogens is 1. The van der Waals surface area contributed by atoms with Gasteiger partial charge in [-0.3, -0.25) is 0 Å². The van der Waals surface area contributed by atoms with Crippen LogP contribution in [-0.4, -0.2) is 12.4 Å². The number of benzene rings is 1. The van der Waals surface area contributed by atoms with Gasteiger partial charge in [0, 0.05) is 16.6 Å². The van der Waals surface area contributed by atoms with E-state index in [1.165, 1.54) is 0 Å². The van der Waals surface area contributed by atoms with E-state index < -0.39 is 0 Å². The third kappa shape index (κ3) is 2.44. The number of rotatable bonds is 0. The van der Waals surface area contributed by atoms with E-state index in [1.54, 1.807) is 0 Å². The number of amidine groups is 1. The van der Waals surface area contributed by atoms with E-state index in [0.29, 0.717) is 12.4 Å². The first-order chi connectivity index (χ1) is 7.66. The second-order valence-corrected chi connectivity index (χ2v) is 4.54. The Morgan fingerprint density at radius 1 is 1.44 bits per heavy atom. The topological polar surface area (TPSA) is 47.6 Å². The van der Waals surface area contributed by atoms with Crippen LogP contribution in [0.3, 0.4) is 0 Å². The van der Waals surface area contributed by atoms with Crippen molar-refractivity contribution in [3.8, 4) is 5.75 Å². The maximum Gasteiger partial charge on any atom is 0.134 e.